The van der Waals surface area contributed by atoms with E-state index in [1.807, 2.05) is 13.8 Å². The lowest BCUT2D eigenvalue weighted by atomic mass is 10.0. The number of amides is 2. The molecule has 1 aromatic heterocycles. The number of β-lactam (4-membered cyclic amide) rings is 1. The predicted molar refractivity (Wildman–Crippen MR) is 130 cm³/mol. The Morgan fingerprint density at radius 2 is 1.91 bits per heavy atom. The Kier molecular flexibility index (Phi) is 12.6. The zero-order valence-corrected chi connectivity index (χ0v) is 21.9. The number of oxime groups is 1. The summed E-state index contributed by atoms with van der Waals surface area (Å²) in [5.74, 6) is -1.23. The molecule has 0 radical (unpaired) electrons. The summed E-state index contributed by atoms with van der Waals surface area (Å²) in [7, 11) is 7.29. The third-order valence-corrected chi connectivity index (χ3v) is 6.21. The van der Waals surface area contributed by atoms with Gasteiger partial charge in [0.05, 0.1) is 13.7 Å². The standard InChI is InChI=1S/C16H19N5O6S2.C2H6O.C2H6/c1-25-4-7-5-28-14-10(13(23)21(14)11(7)15(24)26-2)19-12(22)9(20-27-3)8-6-29-16(17)18-8;1-3-2;1-2/h6,10,14H,4-5H2,1-3H3,(H2,17,18)(H,19,22);1-2H3;1-2H3/b20-9+;;. The molecule has 2 aliphatic rings. The van der Waals surface area contributed by atoms with Gasteiger partial charge in [-0.05, 0) is 5.57 Å². The van der Waals surface area contributed by atoms with Gasteiger partial charge in [0.25, 0.3) is 11.8 Å². The van der Waals surface area contributed by atoms with E-state index in [1.54, 1.807) is 19.6 Å². The molecule has 3 heterocycles. The van der Waals surface area contributed by atoms with Gasteiger partial charge in [0, 0.05) is 32.5 Å². The van der Waals surface area contributed by atoms with Crippen LogP contribution in [0.15, 0.2) is 21.8 Å². The summed E-state index contributed by atoms with van der Waals surface area (Å²) in [4.78, 5) is 47.7. The summed E-state index contributed by atoms with van der Waals surface area (Å²) in [6, 6.07) is -0.839. The lowest BCUT2D eigenvalue weighted by Gasteiger charge is -2.49. The van der Waals surface area contributed by atoms with Crippen molar-refractivity contribution in [1.82, 2.24) is 15.2 Å². The number of hydrogen-bond acceptors (Lipinski definition) is 12. The quantitative estimate of drug-likeness (QED) is 0.230. The zero-order chi connectivity index (χ0) is 25.8. The number of carbonyl (C=O) groups is 3. The number of thioether (sulfide) groups is 1. The largest absolute Gasteiger partial charge is 0.464 e. The summed E-state index contributed by atoms with van der Waals surface area (Å²) in [5, 5.41) is 7.72. The van der Waals surface area contributed by atoms with Crippen molar-refractivity contribution in [1.29, 1.82) is 0 Å². The Labute approximate surface area is 206 Å². The van der Waals surface area contributed by atoms with Crippen molar-refractivity contribution in [2.24, 2.45) is 5.16 Å². The molecule has 2 unspecified atom stereocenters. The van der Waals surface area contributed by atoms with E-state index in [0.717, 1.165) is 11.3 Å². The van der Waals surface area contributed by atoms with E-state index in [0.29, 0.717) is 11.3 Å². The number of carbonyl (C=O) groups excluding carboxylic acids is 3. The van der Waals surface area contributed by atoms with Gasteiger partial charge in [0.1, 0.15) is 29.9 Å². The number of aromatic nitrogens is 1. The molecular formula is C20H31N5O7S2. The molecular weight excluding hydrogens is 486 g/mol. The van der Waals surface area contributed by atoms with E-state index in [4.69, 9.17) is 20.0 Å². The van der Waals surface area contributed by atoms with Gasteiger partial charge in [-0.2, -0.15) is 0 Å². The van der Waals surface area contributed by atoms with Crippen molar-refractivity contribution in [3.05, 3.63) is 22.3 Å². The highest BCUT2D eigenvalue weighted by Crippen LogP contribution is 2.40. The fraction of sp³-hybridized carbons (Fsp3) is 0.550. The second-order valence-electron chi connectivity index (χ2n) is 6.34. The number of thiazole rings is 1. The van der Waals surface area contributed by atoms with Crippen molar-refractivity contribution in [2.75, 3.05) is 53.6 Å². The molecule has 1 aromatic rings. The Morgan fingerprint density at radius 1 is 1.26 bits per heavy atom. The molecule has 0 spiro atoms. The first-order valence-electron chi connectivity index (χ1n) is 10.1. The minimum Gasteiger partial charge on any atom is -0.464 e. The first-order chi connectivity index (χ1) is 16.3. The molecule has 0 bridgehead atoms. The van der Waals surface area contributed by atoms with Crippen LogP contribution in [-0.2, 0) is 33.4 Å². The molecule has 2 aliphatic heterocycles. The molecule has 12 nitrogen and oxygen atoms in total. The van der Waals surface area contributed by atoms with Crippen LogP contribution in [0.1, 0.15) is 19.5 Å². The lowest BCUT2D eigenvalue weighted by molar-refractivity contribution is -0.151. The van der Waals surface area contributed by atoms with Crippen molar-refractivity contribution in [3.63, 3.8) is 0 Å². The SMILES string of the molecule is CC.COC.COCC1=C(C(=O)OC)N2C(=O)C(NC(=O)/C(=N/OC)c3csc(N)n3)C2SC1. The highest BCUT2D eigenvalue weighted by Gasteiger charge is 2.54. The first kappa shape index (κ1) is 29.4. The number of nitrogens with zero attached hydrogens (tertiary/aromatic N) is 3. The topological polar surface area (TPSA) is 155 Å². The molecule has 0 saturated carbocycles. The van der Waals surface area contributed by atoms with Gasteiger partial charge in [-0.15, -0.1) is 23.1 Å². The van der Waals surface area contributed by atoms with Gasteiger partial charge < -0.3 is 30.1 Å². The zero-order valence-electron chi connectivity index (χ0n) is 20.2. The third kappa shape index (κ3) is 6.68. The van der Waals surface area contributed by atoms with E-state index in [-0.39, 0.29) is 28.8 Å². The Morgan fingerprint density at radius 3 is 2.41 bits per heavy atom. The van der Waals surface area contributed by atoms with Crippen molar-refractivity contribution < 1.29 is 33.4 Å². The predicted octanol–water partition coefficient (Wildman–Crippen LogP) is 0.838. The molecule has 0 aliphatic carbocycles. The molecule has 14 heteroatoms. The van der Waals surface area contributed by atoms with Crippen LogP contribution in [0.5, 0.6) is 0 Å². The van der Waals surface area contributed by atoms with E-state index in [9.17, 15) is 14.4 Å². The Bertz CT molecular complexity index is 919. The van der Waals surface area contributed by atoms with E-state index < -0.39 is 29.2 Å². The fourth-order valence-electron chi connectivity index (χ4n) is 2.96. The second-order valence-corrected chi connectivity index (χ2v) is 8.33. The number of anilines is 1. The van der Waals surface area contributed by atoms with Crippen LogP contribution in [-0.4, -0.2) is 92.7 Å². The van der Waals surface area contributed by atoms with E-state index in [2.05, 4.69) is 20.2 Å². The minimum atomic E-state index is -0.839. The smallest absolute Gasteiger partial charge is 0.354 e. The minimum absolute atomic E-state index is 0.101. The number of esters is 1. The first-order valence-corrected chi connectivity index (χ1v) is 12.0. The molecule has 2 amide bonds. The molecule has 3 N–H and O–H groups in total. The van der Waals surface area contributed by atoms with Crippen LogP contribution in [0.2, 0.25) is 0 Å². The maximum Gasteiger partial charge on any atom is 0.354 e. The summed E-state index contributed by atoms with van der Waals surface area (Å²) in [5.41, 5.74) is 6.56. The maximum atomic E-state index is 12.7. The Hall–Kier alpha value is -2.68. The maximum absolute atomic E-state index is 12.7. The summed E-state index contributed by atoms with van der Waals surface area (Å²) >= 11 is 2.56. The fourth-order valence-corrected chi connectivity index (χ4v) is 4.83. The molecule has 1 fully saturated rings. The van der Waals surface area contributed by atoms with Crippen LogP contribution < -0.4 is 11.1 Å². The average molecular weight is 518 g/mol. The number of methoxy groups -OCH3 is 3. The number of nitrogen functional groups attached to an aromatic ring is 1. The molecule has 190 valence electrons. The van der Waals surface area contributed by atoms with Crippen LogP contribution >= 0.6 is 23.1 Å². The highest BCUT2D eigenvalue weighted by molar-refractivity contribution is 8.00. The van der Waals surface area contributed by atoms with Gasteiger partial charge in [-0.1, -0.05) is 19.0 Å². The van der Waals surface area contributed by atoms with Crippen LogP contribution in [0, 0.1) is 0 Å². The van der Waals surface area contributed by atoms with Gasteiger partial charge >= 0.3 is 5.97 Å². The Balaban J connectivity index is 0.00000107. The monoisotopic (exact) mass is 517 g/mol. The van der Waals surface area contributed by atoms with Crippen molar-refractivity contribution >= 4 is 51.7 Å². The van der Waals surface area contributed by atoms with E-state index >= 15 is 0 Å². The van der Waals surface area contributed by atoms with E-state index in [1.165, 1.54) is 38.0 Å². The van der Waals surface area contributed by atoms with Gasteiger partial charge in [0.15, 0.2) is 10.8 Å². The molecule has 1 saturated heterocycles. The number of hydrogen-bond donors (Lipinski definition) is 2. The summed E-state index contributed by atoms with van der Waals surface area (Å²) in [6.07, 6.45) is 0. The normalized spacial score (nSPS) is 19.0. The van der Waals surface area contributed by atoms with Gasteiger partial charge in [-0.3, -0.25) is 14.5 Å². The van der Waals surface area contributed by atoms with Crippen LogP contribution in [0.4, 0.5) is 5.13 Å². The van der Waals surface area contributed by atoms with Crippen molar-refractivity contribution in [3.8, 4) is 0 Å². The van der Waals surface area contributed by atoms with Crippen LogP contribution in [0.25, 0.3) is 0 Å². The number of ether oxygens (including phenoxy) is 3. The summed E-state index contributed by atoms with van der Waals surface area (Å²) < 4.78 is 14.2. The third-order valence-electron chi connectivity index (χ3n) is 4.19. The number of nitrogens with two attached hydrogens (primary N) is 1. The number of fused-ring (bicyclic) bond motifs is 1. The second kappa shape index (κ2) is 14.6. The lowest BCUT2D eigenvalue weighted by Crippen LogP contribution is -2.71. The molecule has 3 rings (SSSR count). The average Bonchev–Trinajstić information content (AvgIpc) is 3.27. The van der Waals surface area contributed by atoms with Crippen molar-refractivity contribution in [2.45, 2.75) is 25.3 Å². The number of rotatable bonds is 7. The summed E-state index contributed by atoms with van der Waals surface area (Å²) in [6.45, 7) is 4.20. The van der Waals surface area contributed by atoms with Crippen LogP contribution in [0.3, 0.4) is 0 Å². The molecule has 2 atom stereocenters. The highest BCUT2D eigenvalue weighted by atomic mass is 32.2. The number of nitrogens with one attached hydrogen (secondary N) is 1. The van der Waals surface area contributed by atoms with Gasteiger partial charge in [-0.25, -0.2) is 9.78 Å². The van der Waals surface area contributed by atoms with Gasteiger partial charge in [0.2, 0.25) is 0 Å². The molecule has 0 aromatic carbocycles. The molecule has 34 heavy (non-hydrogen) atoms.